The summed E-state index contributed by atoms with van der Waals surface area (Å²) in [6.45, 7) is 0.00841. The first-order chi connectivity index (χ1) is 31.8. The lowest BCUT2D eigenvalue weighted by atomic mass is 9.46. The van der Waals surface area contributed by atoms with Crippen LogP contribution in [0.15, 0.2) is 243 Å². The maximum Gasteiger partial charge on any atom is 0.328 e. The maximum absolute atomic E-state index is 2.54. The molecule has 0 fully saturated rings. The van der Waals surface area contributed by atoms with E-state index in [4.69, 9.17) is 0 Å². The molecule has 4 heteroatoms. The average molecular weight is 814 g/mol. The fourth-order valence-electron chi connectivity index (χ4n) is 10.5. The van der Waals surface area contributed by atoms with Crippen molar-refractivity contribution >= 4 is 72.8 Å². The molecule has 0 bridgehead atoms. The minimum absolute atomic E-state index is 0.00841. The molecule has 0 saturated carbocycles. The van der Waals surface area contributed by atoms with Gasteiger partial charge in [0.15, 0.2) is 0 Å². The number of nitrogens with zero attached hydrogens (tertiary/aromatic N) is 3. The molecule has 1 aliphatic heterocycles. The summed E-state index contributed by atoms with van der Waals surface area (Å²) in [7, 11) is 0. The molecule has 10 aromatic carbocycles. The number of para-hydroxylation sites is 3. The third-order valence-corrected chi connectivity index (χ3v) is 13.3. The fraction of sp³-hybridized carbons (Fsp3) is 0. The van der Waals surface area contributed by atoms with Gasteiger partial charge in [-0.1, -0.05) is 175 Å². The highest BCUT2D eigenvalue weighted by molar-refractivity contribution is 6.90. The number of hydrogen-bond acceptors (Lipinski definition) is 1. The fourth-order valence-corrected chi connectivity index (χ4v) is 10.5. The van der Waals surface area contributed by atoms with Crippen LogP contribution in [0.1, 0.15) is 0 Å². The highest BCUT2D eigenvalue weighted by atomic mass is 15.1. The molecular formula is C60H40BN3. The number of rotatable bonds is 6. The number of benzene rings is 10. The van der Waals surface area contributed by atoms with E-state index in [1.165, 1.54) is 93.6 Å². The molecule has 0 unspecified atom stereocenters. The Morgan fingerprint density at radius 2 is 0.766 bits per heavy atom. The van der Waals surface area contributed by atoms with Crippen LogP contribution in [0.5, 0.6) is 0 Å². The summed E-state index contributed by atoms with van der Waals surface area (Å²) in [5.74, 6) is 0. The van der Waals surface area contributed by atoms with Crippen molar-refractivity contribution in [1.29, 1.82) is 0 Å². The topological polar surface area (TPSA) is 13.1 Å². The van der Waals surface area contributed by atoms with Crippen LogP contribution < -0.4 is 15.7 Å². The van der Waals surface area contributed by atoms with Gasteiger partial charge in [-0.05, 0) is 106 Å². The van der Waals surface area contributed by atoms with E-state index in [1.54, 1.807) is 0 Å². The first kappa shape index (κ1) is 36.3. The Kier molecular flexibility index (Phi) is 8.32. The number of fused-ring (bicyclic) bond motifs is 9. The van der Waals surface area contributed by atoms with E-state index in [-0.39, 0.29) is 6.85 Å². The highest BCUT2D eigenvalue weighted by Crippen LogP contribution is 2.42. The molecule has 2 aromatic heterocycles. The lowest BCUT2D eigenvalue weighted by Crippen LogP contribution is -2.57. The van der Waals surface area contributed by atoms with Crippen LogP contribution in [-0.2, 0) is 0 Å². The second-order valence-electron chi connectivity index (χ2n) is 16.9. The number of anilines is 2. The smallest absolute Gasteiger partial charge is 0.328 e. The average Bonchev–Trinajstić information content (AvgIpc) is 3.89. The van der Waals surface area contributed by atoms with Gasteiger partial charge in [-0.2, -0.15) is 0 Å². The van der Waals surface area contributed by atoms with Gasteiger partial charge in [0.05, 0.1) is 22.1 Å². The third-order valence-electron chi connectivity index (χ3n) is 13.3. The van der Waals surface area contributed by atoms with Gasteiger partial charge in [0.1, 0.15) is 0 Å². The molecule has 13 rings (SSSR count). The van der Waals surface area contributed by atoms with E-state index < -0.39 is 0 Å². The van der Waals surface area contributed by atoms with Crippen LogP contribution in [0.4, 0.5) is 11.4 Å². The van der Waals surface area contributed by atoms with Gasteiger partial charge in [-0.15, -0.1) is 0 Å². The summed E-state index contributed by atoms with van der Waals surface area (Å²) in [6, 6.07) is 89.0. The largest absolute Gasteiger partial charge is 0.376 e. The van der Waals surface area contributed by atoms with E-state index in [0.717, 1.165) is 17.1 Å². The van der Waals surface area contributed by atoms with Crippen molar-refractivity contribution in [2.75, 3.05) is 4.81 Å². The summed E-state index contributed by atoms with van der Waals surface area (Å²) in [5, 5.41) is 4.96. The molecule has 0 spiro atoms. The Labute approximate surface area is 372 Å². The van der Waals surface area contributed by atoms with Crippen LogP contribution in [0.3, 0.4) is 0 Å². The van der Waals surface area contributed by atoms with Gasteiger partial charge in [0.2, 0.25) is 0 Å². The van der Waals surface area contributed by atoms with Gasteiger partial charge in [0.25, 0.3) is 0 Å². The van der Waals surface area contributed by atoms with Gasteiger partial charge >= 0.3 is 6.85 Å². The second kappa shape index (κ2) is 14.6. The van der Waals surface area contributed by atoms with Crippen molar-refractivity contribution in [3.05, 3.63) is 243 Å². The first-order valence-corrected chi connectivity index (χ1v) is 22.1. The molecule has 0 N–H and O–H groups in total. The zero-order valence-electron chi connectivity index (χ0n) is 35.0. The predicted octanol–water partition coefficient (Wildman–Crippen LogP) is 14.1. The van der Waals surface area contributed by atoms with E-state index in [0.29, 0.717) is 0 Å². The van der Waals surface area contributed by atoms with Crippen molar-refractivity contribution in [3.63, 3.8) is 0 Å². The van der Waals surface area contributed by atoms with Crippen LogP contribution in [0, 0.1) is 0 Å². The summed E-state index contributed by atoms with van der Waals surface area (Å²) in [5.41, 5.74) is 19.3. The lowest BCUT2D eigenvalue weighted by molar-refractivity contribution is 1.17. The highest BCUT2D eigenvalue weighted by Gasteiger charge is 2.37. The zero-order valence-corrected chi connectivity index (χ0v) is 35.0. The Bertz CT molecular complexity index is 3750. The standard InChI is InChI=1S/C60H40BN3/c1-3-17-41(18-4-1)42-19-15-22-46(37-42)62-56-30-12-8-27-51(56)53-38-43(33-35-58(53)62)44-34-36-59-54(39-44)52-28-9-13-31-57(52)63(59)47-23-16-24-48(40-47)64-60-32-14-10-26-50(60)49-25-7-11-29-55(49)61(64)45-20-5-2-6-21-45/h1-40H. The Balaban J connectivity index is 0.940. The van der Waals surface area contributed by atoms with E-state index >= 15 is 0 Å². The Hall–Kier alpha value is -8.34. The molecule has 0 saturated heterocycles. The maximum atomic E-state index is 2.54. The lowest BCUT2D eigenvalue weighted by Gasteiger charge is -2.39. The summed E-state index contributed by atoms with van der Waals surface area (Å²) in [4.78, 5) is 2.54. The monoisotopic (exact) mass is 813 g/mol. The molecule has 298 valence electrons. The minimum Gasteiger partial charge on any atom is -0.376 e. The molecule has 64 heavy (non-hydrogen) atoms. The van der Waals surface area contributed by atoms with Crippen molar-refractivity contribution < 1.29 is 0 Å². The molecule has 0 radical (unpaired) electrons. The quantitative estimate of drug-likeness (QED) is 0.152. The Morgan fingerprint density at radius 3 is 1.45 bits per heavy atom. The van der Waals surface area contributed by atoms with Gasteiger partial charge in [-0.25, -0.2) is 0 Å². The number of hydrogen-bond donors (Lipinski definition) is 0. The third kappa shape index (κ3) is 5.70. The van der Waals surface area contributed by atoms with E-state index in [2.05, 4.69) is 257 Å². The van der Waals surface area contributed by atoms with Crippen LogP contribution in [-0.4, -0.2) is 16.0 Å². The molecule has 3 nitrogen and oxygen atoms in total. The number of aromatic nitrogens is 2. The molecule has 3 heterocycles. The molecule has 0 atom stereocenters. The summed E-state index contributed by atoms with van der Waals surface area (Å²) >= 11 is 0. The molecule has 0 aliphatic carbocycles. The van der Waals surface area contributed by atoms with Crippen molar-refractivity contribution in [1.82, 2.24) is 9.13 Å². The normalized spacial score (nSPS) is 12.3. The van der Waals surface area contributed by atoms with Crippen LogP contribution in [0.2, 0.25) is 0 Å². The molecular weight excluding hydrogens is 773 g/mol. The van der Waals surface area contributed by atoms with Crippen LogP contribution in [0.25, 0.3) is 88.4 Å². The summed E-state index contributed by atoms with van der Waals surface area (Å²) in [6.07, 6.45) is 0. The predicted molar refractivity (Wildman–Crippen MR) is 271 cm³/mol. The van der Waals surface area contributed by atoms with Crippen molar-refractivity contribution in [3.8, 4) is 44.8 Å². The molecule has 0 amide bonds. The van der Waals surface area contributed by atoms with Gasteiger partial charge in [-0.3, -0.25) is 0 Å². The summed E-state index contributed by atoms with van der Waals surface area (Å²) < 4.78 is 4.86. The molecule has 12 aromatic rings. The second-order valence-corrected chi connectivity index (χ2v) is 16.9. The Morgan fingerprint density at radius 1 is 0.281 bits per heavy atom. The van der Waals surface area contributed by atoms with E-state index in [9.17, 15) is 0 Å². The van der Waals surface area contributed by atoms with Crippen molar-refractivity contribution in [2.45, 2.75) is 0 Å². The first-order valence-electron chi connectivity index (χ1n) is 22.1. The SMILES string of the molecule is c1ccc(B2c3ccccc3-c3ccccc3N2c2cccc(-n3c4ccccc4c4cc(-c5ccc6c(c5)c5ccccc5n6-c5cccc(-c6ccccc6)c5)ccc43)c2)cc1. The molecule has 1 aliphatic rings. The van der Waals surface area contributed by atoms with E-state index in [1.807, 2.05) is 0 Å². The van der Waals surface area contributed by atoms with Gasteiger partial charge < -0.3 is 13.9 Å². The van der Waals surface area contributed by atoms with Crippen LogP contribution >= 0.6 is 0 Å². The van der Waals surface area contributed by atoms with Crippen molar-refractivity contribution in [2.24, 2.45) is 0 Å². The van der Waals surface area contributed by atoms with Gasteiger partial charge in [0, 0.05) is 49.9 Å². The zero-order chi connectivity index (χ0) is 42.1. The minimum atomic E-state index is 0.00841.